The van der Waals surface area contributed by atoms with E-state index in [2.05, 4.69) is 23.8 Å². The number of likely N-dealkylation sites (N-methyl/N-ethyl adjacent to an activating group) is 1. The number of ether oxygens (including phenoxy) is 1. The van der Waals surface area contributed by atoms with E-state index in [1.807, 2.05) is 0 Å². The van der Waals surface area contributed by atoms with Crippen LogP contribution in [0.25, 0.3) is 0 Å². The highest BCUT2D eigenvalue weighted by molar-refractivity contribution is 5.79. The molecule has 0 aromatic heterocycles. The molecule has 2 aliphatic heterocycles. The van der Waals surface area contributed by atoms with Crippen LogP contribution in [-0.2, 0) is 9.53 Å². The molecule has 2 rings (SSSR count). The average Bonchev–Trinajstić information content (AvgIpc) is 2.41. The highest BCUT2D eigenvalue weighted by Gasteiger charge is 2.37. The van der Waals surface area contributed by atoms with Crippen LogP contribution in [0.4, 0.5) is 0 Å². The van der Waals surface area contributed by atoms with E-state index in [9.17, 15) is 4.79 Å². The molecule has 0 radical (unpaired) electrons. The van der Waals surface area contributed by atoms with Crippen molar-refractivity contribution in [3.05, 3.63) is 0 Å². The van der Waals surface area contributed by atoms with Crippen LogP contribution in [0.3, 0.4) is 0 Å². The van der Waals surface area contributed by atoms with Crippen molar-refractivity contribution in [2.24, 2.45) is 11.8 Å². The summed E-state index contributed by atoms with van der Waals surface area (Å²) in [6.45, 7) is 5.91. The Balaban J connectivity index is 1.99. The molecule has 0 saturated carbocycles. The molecular formula is C15H28N2O2. The summed E-state index contributed by atoms with van der Waals surface area (Å²) in [5, 5.41) is 0. The lowest BCUT2D eigenvalue weighted by atomic mass is 9.87. The molecule has 0 spiro atoms. The minimum atomic E-state index is 0.132. The van der Waals surface area contributed by atoms with Gasteiger partial charge in [0.05, 0.1) is 12.5 Å². The van der Waals surface area contributed by atoms with Gasteiger partial charge in [0.25, 0.3) is 0 Å². The van der Waals surface area contributed by atoms with Crippen LogP contribution in [0.1, 0.15) is 32.6 Å². The topological polar surface area (TPSA) is 32.8 Å². The molecule has 2 aliphatic rings. The molecule has 1 amide bonds. The Morgan fingerprint density at radius 1 is 1.21 bits per heavy atom. The van der Waals surface area contributed by atoms with E-state index in [-0.39, 0.29) is 12.0 Å². The van der Waals surface area contributed by atoms with Crippen LogP contribution in [0.5, 0.6) is 0 Å². The maximum atomic E-state index is 12.7. The Morgan fingerprint density at radius 2 is 1.89 bits per heavy atom. The van der Waals surface area contributed by atoms with E-state index in [1.165, 1.54) is 0 Å². The molecule has 4 nitrogen and oxygen atoms in total. The molecule has 2 fully saturated rings. The number of piperidine rings is 2. The predicted molar refractivity (Wildman–Crippen MR) is 76.0 cm³/mol. The summed E-state index contributed by atoms with van der Waals surface area (Å²) in [7, 11) is 3.84. The van der Waals surface area contributed by atoms with Crippen molar-refractivity contribution >= 4 is 5.91 Å². The van der Waals surface area contributed by atoms with Crippen molar-refractivity contribution < 1.29 is 9.53 Å². The second-order valence-electron chi connectivity index (χ2n) is 6.26. The van der Waals surface area contributed by atoms with E-state index in [0.717, 1.165) is 51.2 Å². The highest BCUT2D eigenvalue weighted by atomic mass is 16.5. The Hall–Kier alpha value is -0.610. The van der Waals surface area contributed by atoms with E-state index >= 15 is 0 Å². The maximum absolute atomic E-state index is 12.7. The number of carbonyl (C=O) groups is 1. The number of hydrogen-bond donors (Lipinski definition) is 0. The van der Waals surface area contributed by atoms with Gasteiger partial charge in [0.1, 0.15) is 0 Å². The first kappa shape index (κ1) is 14.8. The average molecular weight is 268 g/mol. The third kappa shape index (κ3) is 3.48. The zero-order valence-corrected chi connectivity index (χ0v) is 12.6. The first-order valence-electron chi connectivity index (χ1n) is 7.61. The molecule has 0 unspecified atom stereocenters. The van der Waals surface area contributed by atoms with Gasteiger partial charge in [0.15, 0.2) is 0 Å². The van der Waals surface area contributed by atoms with Crippen LogP contribution >= 0.6 is 0 Å². The molecule has 2 heterocycles. The summed E-state index contributed by atoms with van der Waals surface area (Å²) in [5.74, 6) is 1.26. The van der Waals surface area contributed by atoms with Gasteiger partial charge < -0.3 is 14.5 Å². The lowest BCUT2D eigenvalue weighted by Gasteiger charge is -2.41. The molecule has 4 heteroatoms. The van der Waals surface area contributed by atoms with Crippen molar-refractivity contribution in [2.75, 3.05) is 40.4 Å². The second kappa shape index (κ2) is 6.71. The Bertz CT molecular complexity index is 301. The van der Waals surface area contributed by atoms with E-state index in [1.54, 1.807) is 7.11 Å². The van der Waals surface area contributed by atoms with Gasteiger partial charge >= 0.3 is 0 Å². The standard InChI is InChI=1S/C15H28N2O2/c1-12-6-9-17(10-7-12)15(18)13-5-4-8-16(2)14(13)11-19-3/h12-14H,4-11H2,1-3H3/t13-,14-/m1/s1. The van der Waals surface area contributed by atoms with E-state index in [0.29, 0.717) is 12.5 Å². The van der Waals surface area contributed by atoms with Gasteiger partial charge in [0, 0.05) is 26.2 Å². The summed E-state index contributed by atoms with van der Waals surface area (Å²) in [6.07, 6.45) is 4.45. The quantitative estimate of drug-likeness (QED) is 0.779. The normalized spacial score (nSPS) is 30.6. The van der Waals surface area contributed by atoms with Gasteiger partial charge in [-0.25, -0.2) is 0 Å². The number of methoxy groups -OCH3 is 1. The third-order valence-corrected chi connectivity index (χ3v) is 4.81. The summed E-state index contributed by atoms with van der Waals surface area (Å²) in [4.78, 5) is 17.1. The summed E-state index contributed by atoms with van der Waals surface area (Å²) in [6, 6.07) is 0.255. The van der Waals surface area contributed by atoms with Gasteiger partial charge in [-0.2, -0.15) is 0 Å². The Labute approximate surface area is 117 Å². The third-order valence-electron chi connectivity index (χ3n) is 4.81. The highest BCUT2D eigenvalue weighted by Crippen LogP contribution is 2.27. The van der Waals surface area contributed by atoms with Crippen molar-refractivity contribution in [3.63, 3.8) is 0 Å². The van der Waals surface area contributed by atoms with Crippen LogP contribution in [0.15, 0.2) is 0 Å². The molecule has 2 atom stereocenters. The molecule has 2 saturated heterocycles. The fourth-order valence-electron chi connectivity index (χ4n) is 3.39. The van der Waals surface area contributed by atoms with Gasteiger partial charge in [-0.3, -0.25) is 4.79 Å². The summed E-state index contributed by atoms with van der Waals surface area (Å²) >= 11 is 0. The number of likely N-dealkylation sites (tertiary alicyclic amines) is 2. The zero-order chi connectivity index (χ0) is 13.8. The number of carbonyl (C=O) groups excluding carboxylic acids is 1. The first-order chi connectivity index (χ1) is 9.13. The lowest BCUT2D eigenvalue weighted by Crippen LogP contribution is -2.53. The minimum absolute atomic E-state index is 0.132. The SMILES string of the molecule is COC[C@@H]1[C@H](C(=O)N2CCC(C)CC2)CCCN1C. The fourth-order valence-corrected chi connectivity index (χ4v) is 3.39. The maximum Gasteiger partial charge on any atom is 0.227 e. The Kier molecular flexibility index (Phi) is 5.22. The number of rotatable bonds is 3. The van der Waals surface area contributed by atoms with Crippen molar-refractivity contribution in [3.8, 4) is 0 Å². The lowest BCUT2D eigenvalue weighted by molar-refractivity contribution is -0.141. The van der Waals surface area contributed by atoms with Crippen molar-refractivity contribution in [1.29, 1.82) is 0 Å². The summed E-state index contributed by atoms with van der Waals surface area (Å²) in [5.41, 5.74) is 0. The molecule has 110 valence electrons. The van der Waals surface area contributed by atoms with Gasteiger partial charge in [-0.15, -0.1) is 0 Å². The van der Waals surface area contributed by atoms with Crippen LogP contribution in [0, 0.1) is 11.8 Å². The molecule has 19 heavy (non-hydrogen) atoms. The zero-order valence-electron chi connectivity index (χ0n) is 12.6. The van der Waals surface area contributed by atoms with Crippen molar-refractivity contribution in [2.45, 2.75) is 38.6 Å². The summed E-state index contributed by atoms with van der Waals surface area (Å²) < 4.78 is 5.32. The molecule has 0 bridgehead atoms. The number of nitrogens with zero attached hydrogens (tertiary/aromatic N) is 2. The van der Waals surface area contributed by atoms with E-state index in [4.69, 9.17) is 4.74 Å². The monoisotopic (exact) mass is 268 g/mol. The largest absolute Gasteiger partial charge is 0.383 e. The number of amides is 1. The van der Waals surface area contributed by atoms with Crippen LogP contribution in [-0.4, -0.2) is 62.1 Å². The molecular weight excluding hydrogens is 240 g/mol. The van der Waals surface area contributed by atoms with Gasteiger partial charge in [-0.05, 0) is 45.2 Å². The Morgan fingerprint density at radius 3 is 2.53 bits per heavy atom. The van der Waals surface area contributed by atoms with Crippen LogP contribution in [0.2, 0.25) is 0 Å². The fraction of sp³-hybridized carbons (Fsp3) is 0.933. The van der Waals surface area contributed by atoms with Gasteiger partial charge in [-0.1, -0.05) is 6.92 Å². The molecule has 0 aromatic carbocycles. The van der Waals surface area contributed by atoms with Crippen molar-refractivity contribution in [1.82, 2.24) is 9.80 Å². The molecule has 0 aromatic rings. The van der Waals surface area contributed by atoms with E-state index < -0.39 is 0 Å². The first-order valence-corrected chi connectivity index (χ1v) is 7.61. The van der Waals surface area contributed by atoms with Crippen LogP contribution < -0.4 is 0 Å². The molecule has 0 N–H and O–H groups in total. The van der Waals surface area contributed by atoms with Gasteiger partial charge in [0.2, 0.25) is 5.91 Å². The number of hydrogen-bond acceptors (Lipinski definition) is 3. The second-order valence-corrected chi connectivity index (χ2v) is 6.26. The smallest absolute Gasteiger partial charge is 0.227 e. The molecule has 0 aliphatic carbocycles. The minimum Gasteiger partial charge on any atom is -0.383 e. The predicted octanol–water partition coefficient (Wildman–Crippen LogP) is 1.60.